The lowest BCUT2D eigenvalue weighted by Crippen LogP contribution is -1.82. The van der Waals surface area contributed by atoms with E-state index in [1.54, 1.807) is 0 Å². The van der Waals surface area contributed by atoms with Crippen LogP contribution in [0.2, 0.25) is 10.0 Å². The highest BCUT2D eigenvalue weighted by Gasteiger charge is 2.05. The van der Waals surface area contributed by atoms with Gasteiger partial charge in [0, 0.05) is 12.1 Å². The Labute approximate surface area is 74.3 Å². The maximum atomic E-state index is 9.12. The number of hydrogen-bond donors (Lipinski definition) is 1. The third-order valence-electron chi connectivity index (χ3n) is 1.22. The van der Waals surface area contributed by atoms with E-state index in [1.807, 2.05) is 0 Å². The van der Waals surface area contributed by atoms with Crippen LogP contribution in [0.5, 0.6) is 11.5 Å². The summed E-state index contributed by atoms with van der Waals surface area (Å²) in [6.07, 6.45) is 0. The highest BCUT2D eigenvalue weighted by Crippen LogP contribution is 2.34. The van der Waals surface area contributed by atoms with Crippen molar-refractivity contribution >= 4 is 23.2 Å². The zero-order valence-electron chi connectivity index (χ0n) is 5.77. The van der Waals surface area contributed by atoms with Crippen molar-refractivity contribution in [2.75, 3.05) is 7.11 Å². The summed E-state index contributed by atoms with van der Waals surface area (Å²) in [7, 11) is 1.49. The molecule has 0 aromatic heterocycles. The van der Waals surface area contributed by atoms with Crippen molar-refractivity contribution in [3.8, 4) is 11.5 Å². The fourth-order valence-corrected chi connectivity index (χ4v) is 0.982. The van der Waals surface area contributed by atoms with Crippen LogP contribution in [-0.2, 0) is 0 Å². The number of benzene rings is 1. The molecule has 0 unspecified atom stereocenters. The number of phenols is 1. The largest absolute Gasteiger partial charge is 0.506 e. The number of aromatic hydroxyl groups is 1. The van der Waals surface area contributed by atoms with Gasteiger partial charge in [-0.1, -0.05) is 23.2 Å². The minimum atomic E-state index is -0.0731. The van der Waals surface area contributed by atoms with Crippen molar-refractivity contribution in [3.05, 3.63) is 22.2 Å². The smallest absolute Gasteiger partial charge is 0.139 e. The number of rotatable bonds is 1. The van der Waals surface area contributed by atoms with Crippen LogP contribution in [0.1, 0.15) is 0 Å². The average Bonchev–Trinajstić information content (AvgIpc) is 1.99. The topological polar surface area (TPSA) is 29.5 Å². The first-order chi connectivity index (χ1) is 5.15. The Kier molecular flexibility index (Phi) is 2.47. The molecule has 0 radical (unpaired) electrons. The van der Waals surface area contributed by atoms with Crippen molar-refractivity contribution in [3.63, 3.8) is 0 Å². The van der Waals surface area contributed by atoms with E-state index < -0.39 is 0 Å². The van der Waals surface area contributed by atoms with E-state index in [4.69, 9.17) is 33.0 Å². The van der Waals surface area contributed by atoms with Gasteiger partial charge in [0.15, 0.2) is 0 Å². The van der Waals surface area contributed by atoms with Gasteiger partial charge in [-0.2, -0.15) is 0 Å². The van der Waals surface area contributed by atoms with Crippen LogP contribution in [0.25, 0.3) is 0 Å². The Hall–Kier alpha value is -0.600. The molecular weight excluding hydrogens is 187 g/mol. The third kappa shape index (κ3) is 1.70. The van der Waals surface area contributed by atoms with Gasteiger partial charge in [0.25, 0.3) is 0 Å². The molecule has 0 saturated heterocycles. The van der Waals surface area contributed by atoms with Gasteiger partial charge in [0.1, 0.15) is 16.5 Å². The predicted octanol–water partition coefficient (Wildman–Crippen LogP) is 2.71. The SMILES string of the molecule is COc1cc(O)c(Cl)c(Cl)c1. The molecule has 2 nitrogen and oxygen atoms in total. The molecule has 0 atom stereocenters. The summed E-state index contributed by atoms with van der Waals surface area (Å²) in [4.78, 5) is 0. The van der Waals surface area contributed by atoms with Crippen LogP contribution in [0.15, 0.2) is 12.1 Å². The second-order valence-corrected chi connectivity index (χ2v) is 2.73. The van der Waals surface area contributed by atoms with Gasteiger partial charge in [-0.3, -0.25) is 0 Å². The highest BCUT2D eigenvalue weighted by molar-refractivity contribution is 6.43. The monoisotopic (exact) mass is 192 g/mol. The first-order valence-corrected chi connectivity index (χ1v) is 3.62. The Bertz CT molecular complexity index is 250. The molecule has 1 aromatic rings. The lowest BCUT2D eigenvalue weighted by atomic mass is 10.3. The molecule has 0 fully saturated rings. The van der Waals surface area contributed by atoms with Gasteiger partial charge >= 0.3 is 0 Å². The fourth-order valence-electron chi connectivity index (χ4n) is 0.668. The van der Waals surface area contributed by atoms with Gasteiger partial charge < -0.3 is 9.84 Å². The average molecular weight is 193 g/mol. The Morgan fingerprint density at radius 2 is 2.00 bits per heavy atom. The van der Waals surface area contributed by atoms with E-state index in [1.165, 1.54) is 19.2 Å². The third-order valence-corrected chi connectivity index (χ3v) is 2.01. The summed E-state index contributed by atoms with van der Waals surface area (Å²) in [5.74, 6) is 0.410. The van der Waals surface area contributed by atoms with Crippen molar-refractivity contribution in [2.24, 2.45) is 0 Å². The molecule has 1 aromatic carbocycles. The van der Waals surface area contributed by atoms with E-state index in [2.05, 4.69) is 0 Å². The van der Waals surface area contributed by atoms with Crippen molar-refractivity contribution in [1.29, 1.82) is 0 Å². The first kappa shape index (κ1) is 8.50. The summed E-state index contributed by atoms with van der Waals surface area (Å²) in [6.45, 7) is 0. The van der Waals surface area contributed by atoms with Gasteiger partial charge in [0.05, 0.1) is 12.1 Å². The molecule has 0 aliphatic rings. The second-order valence-electron chi connectivity index (χ2n) is 1.94. The molecule has 11 heavy (non-hydrogen) atoms. The summed E-state index contributed by atoms with van der Waals surface area (Å²) in [5, 5.41) is 9.54. The van der Waals surface area contributed by atoms with Crippen molar-refractivity contribution < 1.29 is 9.84 Å². The van der Waals surface area contributed by atoms with E-state index in [-0.39, 0.29) is 15.8 Å². The Morgan fingerprint density at radius 3 is 2.45 bits per heavy atom. The van der Waals surface area contributed by atoms with Crippen LogP contribution in [0.4, 0.5) is 0 Å². The van der Waals surface area contributed by atoms with Gasteiger partial charge in [-0.15, -0.1) is 0 Å². The number of halogens is 2. The quantitative estimate of drug-likeness (QED) is 0.742. The number of ether oxygens (including phenoxy) is 1. The molecule has 4 heteroatoms. The Morgan fingerprint density at radius 1 is 1.36 bits per heavy atom. The van der Waals surface area contributed by atoms with Crippen LogP contribution in [0, 0.1) is 0 Å². The number of phenolic OH excluding ortho intramolecular Hbond substituents is 1. The van der Waals surface area contributed by atoms with Gasteiger partial charge in [-0.25, -0.2) is 0 Å². The van der Waals surface area contributed by atoms with E-state index in [0.29, 0.717) is 5.75 Å². The fraction of sp³-hybridized carbons (Fsp3) is 0.143. The highest BCUT2D eigenvalue weighted by atomic mass is 35.5. The van der Waals surface area contributed by atoms with E-state index >= 15 is 0 Å². The molecule has 1 N–H and O–H groups in total. The van der Waals surface area contributed by atoms with E-state index in [0.717, 1.165) is 0 Å². The molecule has 60 valence electrons. The molecule has 0 bridgehead atoms. The van der Waals surface area contributed by atoms with E-state index in [9.17, 15) is 0 Å². The maximum Gasteiger partial charge on any atom is 0.139 e. The molecule has 0 amide bonds. The number of hydrogen-bond acceptors (Lipinski definition) is 2. The molecule has 0 saturated carbocycles. The summed E-state index contributed by atoms with van der Waals surface area (Å²) in [5.41, 5.74) is 0. The molecular formula is C7H6Cl2O2. The lowest BCUT2D eigenvalue weighted by Gasteiger charge is -2.03. The summed E-state index contributed by atoms with van der Waals surface area (Å²) >= 11 is 11.2. The Balaban J connectivity index is 3.21. The molecule has 0 heterocycles. The zero-order valence-corrected chi connectivity index (χ0v) is 7.28. The first-order valence-electron chi connectivity index (χ1n) is 2.87. The summed E-state index contributed by atoms with van der Waals surface area (Å²) in [6, 6.07) is 2.93. The zero-order chi connectivity index (χ0) is 8.43. The lowest BCUT2D eigenvalue weighted by molar-refractivity contribution is 0.408. The number of methoxy groups -OCH3 is 1. The molecule has 0 spiro atoms. The molecule has 0 aliphatic heterocycles. The standard InChI is InChI=1S/C7H6Cl2O2/c1-11-4-2-5(8)7(9)6(10)3-4/h2-3,10H,1H3. The molecule has 1 rings (SSSR count). The van der Waals surface area contributed by atoms with Crippen LogP contribution in [-0.4, -0.2) is 12.2 Å². The minimum absolute atomic E-state index is 0.0731. The van der Waals surface area contributed by atoms with Crippen LogP contribution < -0.4 is 4.74 Å². The minimum Gasteiger partial charge on any atom is -0.506 e. The van der Waals surface area contributed by atoms with Gasteiger partial charge in [-0.05, 0) is 0 Å². The maximum absolute atomic E-state index is 9.12. The normalized spacial score (nSPS) is 9.73. The second kappa shape index (κ2) is 3.20. The van der Waals surface area contributed by atoms with Crippen molar-refractivity contribution in [2.45, 2.75) is 0 Å². The van der Waals surface area contributed by atoms with Crippen LogP contribution in [0.3, 0.4) is 0 Å². The molecule has 0 aliphatic carbocycles. The van der Waals surface area contributed by atoms with Crippen LogP contribution >= 0.6 is 23.2 Å². The van der Waals surface area contributed by atoms with Crippen molar-refractivity contribution in [1.82, 2.24) is 0 Å². The predicted molar refractivity (Wildman–Crippen MR) is 44.7 cm³/mol. The van der Waals surface area contributed by atoms with Gasteiger partial charge in [0.2, 0.25) is 0 Å². The summed E-state index contributed by atoms with van der Waals surface area (Å²) < 4.78 is 4.83.